The van der Waals surface area contributed by atoms with Crippen LogP contribution in [0.15, 0.2) is 36.4 Å². The predicted molar refractivity (Wildman–Crippen MR) is 86.7 cm³/mol. The molecule has 1 N–H and O–H groups in total. The van der Waals surface area contributed by atoms with E-state index in [-0.39, 0.29) is 17.5 Å². The summed E-state index contributed by atoms with van der Waals surface area (Å²) in [5, 5.41) is 9.95. The summed E-state index contributed by atoms with van der Waals surface area (Å²) in [4.78, 5) is 1.87. The highest BCUT2D eigenvalue weighted by atomic mass is 32.2. The van der Waals surface area contributed by atoms with Gasteiger partial charge in [0, 0.05) is 12.1 Å². The number of para-hydroxylation sites is 1. The van der Waals surface area contributed by atoms with E-state index in [9.17, 15) is 13.5 Å². The van der Waals surface area contributed by atoms with Crippen LogP contribution in [0.4, 0.5) is 0 Å². The van der Waals surface area contributed by atoms with Crippen molar-refractivity contribution in [3.05, 3.63) is 42.0 Å². The highest BCUT2D eigenvalue weighted by molar-refractivity contribution is 7.91. The molecule has 0 radical (unpaired) electrons. The second kappa shape index (κ2) is 6.81. The molecule has 1 saturated heterocycles. The van der Waals surface area contributed by atoms with Crippen molar-refractivity contribution in [2.24, 2.45) is 0 Å². The van der Waals surface area contributed by atoms with E-state index in [2.05, 4.69) is 6.58 Å². The van der Waals surface area contributed by atoms with Gasteiger partial charge in [0.15, 0.2) is 9.84 Å². The van der Waals surface area contributed by atoms with Crippen molar-refractivity contribution < 1.29 is 18.3 Å². The van der Waals surface area contributed by atoms with Crippen molar-refractivity contribution in [3.8, 4) is 5.75 Å². The van der Waals surface area contributed by atoms with E-state index in [1.54, 1.807) is 0 Å². The first-order valence-electron chi connectivity index (χ1n) is 7.22. The van der Waals surface area contributed by atoms with Crippen molar-refractivity contribution in [2.45, 2.75) is 25.6 Å². The van der Waals surface area contributed by atoms with E-state index in [4.69, 9.17) is 4.74 Å². The van der Waals surface area contributed by atoms with E-state index < -0.39 is 15.9 Å². The fraction of sp³-hybridized carbons (Fsp3) is 0.500. The highest BCUT2D eigenvalue weighted by Crippen LogP contribution is 2.24. The Morgan fingerprint density at radius 2 is 2.09 bits per heavy atom. The molecule has 0 spiro atoms. The Labute approximate surface area is 132 Å². The van der Waals surface area contributed by atoms with Crippen LogP contribution >= 0.6 is 0 Å². The van der Waals surface area contributed by atoms with Gasteiger partial charge in [0.05, 0.1) is 23.7 Å². The van der Waals surface area contributed by atoms with Crippen LogP contribution in [-0.2, 0) is 16.4 Å². The molecule has 1 heterocycles. The largest absolute Gasteiger partial charge is 0.489 e. The molecule has 6 heteroatoms. The topological polar surface area (TPSA) is 66.8 Å². The van der Waals surface area contributed by atoms with Crippen molar-refractivity contribution in [1.82, 2.24) is 4.90 Å². The van der Waals surface area contributed by atoms with E-state index in [1.807, 2.05) is 43.1 Å². The number of rotatable bonds is 6. The lowest BCUT2D eigenvalue weighted by molar-refractivity contribution is 0.0952. The Bertz CT molecular complexity index is 641. The third-order valence-corrected chi connectivity index (χ3v) is 5.42. The molecule has 2 rings (SSSR count). The quantitative estimate of drug-likeness (QED) is 0.797. The maximum Gasteiger partial charge on any atom is 0.154 e. The van der Waals surface area contributed by atoms with Gasteiger partial charge < -0.3 is 9.84 Å². The van der Waals surface area contributed by atoms with Crippen LogP contribution in [0.25, 0.3) is 0 Å². The number of likely N-dealkylation sites (N-methyl/N-ethyl adjacent to an activating group) is 1. The predicted octanol–water partition coefficient (Wildman–Crippen LogP) is 1.23. The third kappa shape index (κ3) is 4.32. The first kappa shape index (κ1) is 17.0. The number of aliphatic hydroxyl groups is 1. The Morgan fingerprint density at radius 3 is 2.68 bits per heavy atom. The number of benzene rings is 1. The van der Waals surface area contributed by atoms with Gasteiger partial charge in [-0.05, 0) is 25.6 Å². The zero-order valence-corrected chi connectivity index (χ0v) is 13.8. The highest BCUT2D eigenvalue weighted by Gasteiger charge is 2.38. The van der Waals surface area contributed by atoms with E-state index in [0.29, 0.717) is 13.2 Å². The fourth-order valence-corrected chi connectivity index (χ4v) is 4.47. The van der Waals surface area contributed by atoms with Crippen LogP contribution in [0.1, 0.15) is 12.5 Å². The first-order valence-corrected chi connectivity index (χ1v) is 9.04. The third-order valence-electron chi connectivity index (χ3n) is 3.73. The van der Waals surface area contributed by atoms with Crippen molar-refractivity contribution in [1.29, 1.82) is 0 Å². The zero-order valence-electron chi connectivity index (χ0n) is 13.0. The van der Waals surface area contributed by atoms with Gasteiger partial charge >= 0.3 is 0 Å². The van der Waals surface area contributed by atoms with Gasteiger partial charge in [-0.3, -0.25) is 4.90 Å². The van der Waals surface area contributed by atoms with Gasteiger partial charge in [0.2, 0.25) is 0 Å². The van der Waals surface area contributed by atoms with Crippen molar-refractivity contribution in [3.63, 3.8) is 0 Å². The van der Waals surface area contributed by atoms with Gasteiger partial charge in [-0.25, -0.2) is 8.42 Å². The lowest BCUT2D eigenvalue weighted by Gasteiger charge is -2.26. The van der Waals surface area contributed by atoms with Crippen LogP contribution in [0.2, 0.25) is 0 Å². The van der Waals surface area contributed by atoms with Gasteiger partial charge in [-0.2, -0.15) is 0 Å². The molecule has 0 unspecified atom stereocenters. The Balaban J connectivity index is 2.08. The Hall–Kier alpha value is -1.37. The van der Waals surface area contributed by atoms with Gasteiger partial charge in [0.25, 0.3) is 0 Å². The molecule has 2 atom stereocenters. The van der Waals surface area contributed by atoms with Crippen LogP contribution in [0.5, 0.6) is 5.75 Å². The fourth-order valence-electron chi connectivity index (χ4n) is 2.59. The summed E-state index contributed by atoms with van der Waals surface area (Å²) >= 11 is 0. The summed E-state index contributed by atoms with van der Waals surface area (Å²) in [7, 11) is -1.32. The molecule has 0 aromatic heterocycles. The van der Waals surface area contributed by atoms with Gasteiger partial charge in [0.1, 0.15) is 12.4 Å². The summed E-state index contributed by atoms with van der Waals surface area (Å²) in [6, 6.07) is 7.26. The van der Waals surface area contributed by atoms with Gasteiger partial charge in [-0.15, -0.1) is 0 Å². The molecule has 122 valence electrons. The van der Waals surface area contributed by atoms with E-state index >= 15 is 0 Å². The summed E-state index contributed by atoms with van der Waals surface area (Å²) in [6.07, 6.45) is -0.835. The molecule has 1 aliphatic heterocycles. The number of ether oxygens (including phenoxy) is 1. The standard InChI is InChI=1S/C16H23NO4S/c1-12(2)9-21-16-7-5-4-6-13(16)8-17(3)14-10-22(19,20)11-15(14)18/h4-7,14-15,18H,1,8-11H2,2-3H3/t14-,15-/m1/s1. The lowest BCUT2D eigenvalue weighted by Crippen LogP contribution is -2.40. The molecular weight excluding hydrogens is 302 g/mol. The van der Waals surface area contributed by atoms with Crippen LogP contribution in [-0.4, -0.2) is 55.7 Å². The molecular formula is C16H23NO4S. The zero-order chi connectivity index (χ0) is 16.3. The average molecular weight is 325 g/mol. The first-order chi connectivity index (χ1) is 10.3. The van der Waals surface area contributed by atoms with Crippen LogP contribution in [0, 0.1) is 0 Å². The summed E-state index contributed by atoms with van der Waals surface area (Å²) < 4.78 is 29.0. The minimum atomic E-state index is -3.15. The molecule has 0 bridgehead atoms. The summed E-state index contributed by atoms with van der Waals surface area (Å²) in [5.41, 5.74) is 1.89. The molecule has 0 amide bonds. The number of aliphatic hydroxyl groups excluding tert-OH is 1. The molecule has 0 saturated carbocycles. The monoisotopic (exact) mass is 325 g/mol. The van der Waals surface area contributed by atoms with Crippen LogP contribution in [0.3, 0.4) is 0 Å². The second-order valence-electron chi connectivity index (χ2n) is 5.98. The summed E-state index contributed by atoms with van der Waals surface area (Å²) in [5.74, 6) is 0.600. The SMILES string of the molecule is C=C(C)COc1ccccc1CN(C)[C@@H]1CS(=O)(=O)C[C@H]1O. The molecule has 1 fully saturated rings. The number of hydrogen-bond acceptors (Lipinski definition) is 5. The normalized spacial score (nSPS) is 23.6. The number of hydrogen-bond donors (Lipinski definition) is 1. The smallest absolute Gasteiger partial charge is 0.154 e. The minimum Gasteiger partial charge on any atom is -0.489 e. The number of sulfone groups is 1. The van der Waals surface area contributed by atoms with Crippen molar-refractivity contribution in [2.75, 3.05) is 25.2 Å². The molecule has 22 heavy (non-hydrogen) atoms. The molecule has 1 aromatic rings. The summed E-state index contributed by atoms with van der Waals surface area (Å²) in [6.45, 7) is 6.67. The Morgan fingerprint density at radius 1 is 1.41 bits per heavy atom. The van der Waals surface area contributed by atoms with E-state index in [1.165, 1.54) is 0 Å². The molecule has 1 aromatic carbocycles. The maximum atomic E-state index is 11.6. The average Bonchev–Trinajstić information content (AvgIpc) is 2.71. The Kier molecular flexibility index (Phi) is 5.26. The van der Waals surface area contributed by atoms with Gasteiger partial charge in [-0.1, -0.05) is 24.8 Å². The van der Waals surface area contributed by atoms with E-state index in [0.717, 1.165) is 16.9 Å². The molecule has 5 nitrogen and oxygen atoms in total. The number of nitrogens with zero attached hydrogens (tertiary/aromatic N) is 1. The molecule has 0 aliphatic carbocycles. The van der Waals surface area contributed by atoms with Crippen molar-refractivity contribution >= 4 is 9.84 Å². The minimum absolute atomic E-state index is 0.000539. The van der Waals surface area contributed by atoms with Crippen LogP contribution < -0.4 is 4.74 Å². The maximum absolute atomic E-state index is 11.6. The second-order valence-corrected chi connectivity index (χ2v) is 8.13. The molecule has 1 aliphatic rings. The lowest BCUT2D eigenvalue weighted by atomic mass is 10.1.